The first-order valence-corrected chi connectivity index (χ1v) is 10.7. The molecule has 32 heavy (non-hydrogen) atoms. The standard InChI is InChI=1S/C27H25N3O2/c1-3-19(2)20-12-14-21(15-13-20)26-18-24(23-10-4-5-11-25(23)29-26)27(31)30-28-16-6-8-22-9-7-17-32-22/h4-19H,3H2,1-2H3,(H,30,31)/b8-6-,28-16?/t19-/m0/s1. The fraction of sp³-hybridized carbons (Fsp3) is 0.148. The summed E-state index contributed by atoms with van der Waals surface area (Å²) in [6, 6.07) is 21.5. The van der Waals surface area contributed by atoms with Crippen molar-refractivity contribution in [1.29, 1.82) is 0 Å². The largest absolute Gasteiger partial charge is 0.465 e. The van der Waals surface area contributed by atoms with Crippen LogP contribution in [-0.2, 0) is 0 Å². The number of nitrogens with zero attached hydrogens (tertiary/aromatic N) is 2. The Balaban J connectivity index is 1.60. The quantitative estimate of drug-likeness (QED) is 0.275. The molecule has 1 N–H and O–H groups in total. The van der Waals surface area contributed by atoms with E-state index < -0.39 is 0 Å². The lowest BCUT2D eigenvalue weighted by atomic mass is 9.96. The molecule has 5 nitrogen and oxygen atoms in total. The third-order valence-corrected chi connectivity index (χ3v) is 5.48. The van der Waals surface area contributed by atoms with Crippen LogP contribution in [0.4, 0.5) is 0 Å². The van der Waals surface area contributed by atoms with Crippen LogP contribution in [0.15, 0.2) is 88.6 Å². The minimum atomic E-state index is -0.288. The van der Waals surface area contributed by atoms with Gasteiger partial charge in [0.05, 0.1) is 23.0 Å². The first kappa shape index (κ1) is 21.2. The Kier molecular flexibility index (Phi) is 6.56. The number of carbonyl (C=O) groups is 1. The van der Waals surface area contributed by atoms with E-state index in [4.69, 9.17) is 9.40 Å². The maximum atomic E-state index is 12.9. The van der Waals surface area contributed by atoms with Crippen molar-refractivity contribution in [2.45, 2.75) is 26.2 Å². The Labute approximate surface area is 187 Å². The van der Waals surface area contributed by atoms with Crippen LogP contribution in [0, 0.1) is 0 Å². The van der Waals surface area contributed by atoms with Crippen molar-refractivity contribution < 1.29 is 9.21 Å². The molecule has 0 radical (unpaired) electrons. The highest BCUT2D eigenvalue weighted by Gasteiger charge is 2.14. The van der Waals surface area contributed by atoms with E-state index in [1.54, 1.807) is 18.4 Å². The smallest absolute Gasteiger partial charge is 0.272 e. The van der Waals surface area contributed by atoms with E-state index in [-0.39, 0.29) is 5.91 Å². The number of allylic oxidation sites excluding steroid dienone is 1. The van der Waals surface area contributed by atoms with Crippen molar-refractivity contribution in [3.05, 3.63) is 96.0 Å². The molecule has 0 unspecified atom stereocenters. The number of rotatable bonds is 7. The van der Waals surface area contributed by atoms with Gasteiger partial charge in [0.2, 0.25) is 0 Å². The molecule has 0 bridgehead atoms. The van der Waals surface area contributed by atoms with Crippen LogP contribution in [0.25, 0.3) is 28.2 Å². The number of hydrogen-bond acceptors (Lipinski definition) is 4. The molecule has 4 rings (SSSR count). The van der Waals surface area contributed by atoms with Gasteiger partial charge in [-0.25, -0.2) is 10.4 Å². The second kappa shape index (κ2) is 9.88. The summed E-state index contributed by atoms with van der Waals surface area (Å²) < 4.78 is 5.22. The Morgan fingerprint density at radius 2 is 1.94 bits per heavy atom. The topological polar surface area (TPSA) is 67.5 Å². The van der Waals surface area contributed by atoms with Gasteiger partial charge in [-0.15, -0.1) is 0 Å². The lowest BCUT2D eigenvalue weighted by Gasteiger charge is -2.11. The SMILES string of the molecule is CC[C@H](C)c1ccc(-c2cc(C(=O)NN=C/C=C\c3ccco3)c3ccccc3n2)cc1. The molecule has 5 heteroatoms. The van der Waals surface area contributed by atoms with E-state index in [1.165, 1.54) is 11.8 Å². The maximum absolute atomic E-state index is 12.9. The normalized spacial score (nSPS) is 12.6. The predicted octanol–water partition coefficient (Wildman–Crippen LogP) is 6.44. The summed E-state index contributed by atoms with van der Waals surface area (Å²) >= 11 is 0. The number of benzene rings is 2. The third-order valence-electron chi connectivity index (χ3n) is 5.48. The lowest BCUT2D eigenvalue weighted by Crippen LogP contribution is -2.18. The van der Waals surface area contributed by atoms with Gasteiger partial charge in [-0.2, -0.15) is 5.10 Å². The van der Waals surface area contributed by atoms with Crippen molar-refractivity contribution in [2.75, 3.05) is 0 Å². The number of para-hydroxylation sites is 1. The molecule has 0 fully saturated rings. The number of hydrazone groups is 1. The molecule has 0 spiro atoms. The highest BCUT2D eigenvalue weighted by atomic mass is 16.3. The van der Waals surface area contributed by atoms with E-state index in [9.17, 15) is 4.79 Å². The summed E-state index contributed by atoms with van der Waals surface area (Å²) in [7, 11) is 0. The first-order chi connectivity index (χ1) is 15.7. The molecule has 0 aliphatic heterocycles. The van der Waals surface area contributed by atoms with E-state index in [1.807, 2.05) is 42.5 Å². The molecule has 0 saturated heterocycles. The maximum Gasteiger partial charge on any atom is 0.272 e. The Bertz CT molecular complexity index is 1260. The van der Waals surface area contributed by atoms with E-state index in [0.717, 1.165) is 28.6 Å². The average Bonchev–Trinajstić information content (AvgIpc) is 3.36. The number of fused-ring (bicyclic) bond motifs is 1. The van der Waals surface area contributed by atoms with Crippen LogP contribution in [0.1, 0.15) is 47.9 Å². The van der Waals surface area contributed by atoms with Gasteiger partial charge in [-0.1, -0.05) is 56.3 Å². The Hall–Kier alpha value is -3.99. The number of hydrogen-bond donors (Lipinski definition) is 1. The highest BCUT2D eigenvalue weighted by molar-refractivity contribution is 6.07. The number of amides is 1. The Morgan fingerprint density at radius 1 is 1.12 bits per heavy atom. The van der Waals surface area contributed by atoms with Crippen LogP contribution in [0.5, 0.6) is 0 Å². The molecule has 0 aliphatic carbocycles. The second-order valence-corrected chi connectivity index (χ2v) is 7.60. The summed E-state index contributed by atoms with van der Waals surface area (Å²) in [5.41, 5.74) is 6.93. The van der Waals surface area contributed by atoms with Crippen molar-refractivity contribution in [3.63, 3.8) is 0 Å². The van der Waals surface area contributed by atoms with E-state index in [0.29, 0.717) is 17.2 Å². The number of aromatic nitrogens is 1. The van der Waals surface area contributed by atoms with Crippen LogP contribution >= 0.6 is 0 Å². The summed E-state index contributed by atoms with van der Waals surface area (Å²) in [5.74, 6) is 0.935. The molecule has 1 atom stereocenters. The molecule has 2 heterocycles. The Morgan fingerprint density at radius 3 is 2.69 bits per heavy atom. The van der Waals surface area contributed by atoms with Crippen LogP contribution in [0.3, 0.4) is 0 Å². The minimum Gasteiger partial charge on any atom is -0.465 e. The van der Waals surface area contributed by atoms with Gasteiger partial charge in [-0.05, 0) is 54.3 Å². The summed E-state index contributed by atoms with van der Waals surface area (Å²) in [6.45, 7) is 4.40. The summed E-state index contributed by atoms with van der Waals surface area (Å²) in [4.78, 5) is 17.7. The van der Waals surface area contributed by atoms with Crippen molar-refractivity contribution in [1.82, 2.24) is 10.4 Å². The van der Waals surface area contributed by atoms with Gasteiger partial charge in [0.1, 0.15) is 5.76 Å². The summed E-state index contributed by atoms with van der Waals surface area (Å²) in [5, 5.41) is 4.81. The molecule has 2 aromatic carbocycles. The van der Waals surface area contributed by atoms with Gasteiger partial charge in [0.25, 0.3) is 5.91 Å². The fourth-order valence-electron chi connectivity index (χ4n) is 3.45. The monoisotopic (exact) mass is 423 g/mol. The second-order valence-electron chi connectivity index (χ2n) is 7.60. The van der Waals surface area contributed by atoms with Gasteiger partial charge in [-0.3, -0.25) is 4.79 Å². The zero-order valence-corrected chi connectivity index (χ0v) is 18.2. The van der Waals surface area contributed by atoms with Crippen molar-refractivity contribution in [3.8, 4) is 11.3 Å². The molecule has 0 aliphatic rings. The van der Waals surface area contributed by atoms with Crippen molar-refractivity contribution in [2.24, 2.45) is 5.10 Å². The average molecular weight is 424 g/mol. The van der Waals surface area contributed by atoms with Gasteiger partial charge in [0.15, 0.2) is 0 Å². The van der Waals surface area contributed by atoms with E-state index in [2.05, 4.69) is 48.6 Å². The van der Waals surface area contributed by atoms with Crippen molar-refractivity contribution >= 4 is 29.1 Å². The van der Waals surface area contributed by atoms with Gasteiger partial charge >= 0.3 is 0 Å². The molecule has 1 amide bonds. The molecule has 0 saturated carbocycles. The van der Waals surface area contributed by atoms with Crippen LogP contribution in [-0.4, -0.2) is 17.1 Å². The van der Waals surface area contributed by atoms with Crippen LogP contribution < -0.4 is 5.43 Å². The minimum absolute atomic E-state index is 0.288. The third kappa shape index (κ3) is 4.83. The predicted molar refractivity (Wildman–Crippen MR) is 130 cm³/mol. The summed E-state index contributed by atoms with van der Waals surface area (Å²) in [6.07, 6.45) is 7.67. The molecular formula is C27H25N3O2. The number of carbonyl (C=O) groups excluding carboxylic acids is 1. The number of pyridine rings is 1. The molecule has 4 aromatic rings. The molecule has 2 aromatic heterocycles. The molecular weight excluding hydrogens is 398 g/mol. The fourth-order valence-corrected chi connectivity index (χ4v) is 3.45. The lowest BCUT2D eigenvalue weighted by molar-refractivity contribution is 0.0956. The highest BCUT2D eigenvalue weighted by Crippen LogP contribution is 2.27. The van der Waals surface area contributed by atoms with Gasteiger partial charge < -0.3 is 4.42 Å². The zero-order valence-electron chi connectivity index (χ0n) is 18.2. The van der Waals surface area contributed by atoms with Gasteiger partial charge in [0, 0.05) is 17.2 Å². The number of nitrogens with one attached hydrogen (secondary N) is 1. The van der Waals surface area contributed by atoms with E-state index >= 15 is 0 Å². The van der Waals surface area contributed by atoms with Crippen LogP contribution in [0.2, 0.25) is 0 Å². The number of furan rings is 1. The zero-order chi connectivity index (χ0) is 22.3. The molecule has 160 valence electrons. The first-order valence-electron chi connectivity index (χ1n) is 10.7.